The van der Waals surface area contributed by atoms with Gasteiger partial charge in [0.2, 0.25) is 0 Å². The predicted octanol–water partition coefficient (Wildman–Crippen LogP) is 4.79. The normalized spacial score (nSPS) is 22.6. The van der Waals surface area contributed by atoms with E-state index in [1.54, 1.807) is 6.07 Å². The van der Waals surface area contributed by atoms with Crippen LogP contribution in [0.2, 0.25) is 5.02 Å². The molecule has 0 saturated carbocycles. The van der Waals surface area contributed by atoms with Crippen molar-refractivity contribution in [3.05, 3.63) is 34.1 Å². The minimum Gasteiger partial charge on any atom is -0.309 e. The first-order valence-electron chi connectivity index (χ1n) is 6.88. The third-order valence-corrected chi connectivity index (χ3v) is 5.59. The molecule has 1 N–H and O–H groups in total. The number of fused-ring (bicyclic) bond motifs is 1. The van der Waals surface area contributed by atoms with Crippen molar-refractivity contribution in [2.24, 2.45) is 5.92 Å². The molecule has 19 heavy (non-hydrogen) atoms. The summed E-state index contributed by atoms with van der Waals surface area (Å²) in [6.45, 7) is 7.43. The molecule has 0 spiro atoms. The van der Waals surface area contributed by atoms with E-state index >= 15 is 0 Å². The van der Waals surface area contributed by atoms with Crippen molar-refractivity contribution in [2.75, 3.05) is 6.54 Å². The molecule has 1 aliphatic heterocycles. The van der Waals surface area contributed by atoms with Crippen LogP contribution in [0.3, 0.4) is 0 Å². The van der Waals surface area contributed by atoms with Crippen molar-refractivity contribution in [3.8, 4) is 0 Å². The fraction of sp³-hybridized carbons (Fsp3) is 0.600. The molecule has 1 aliphatic rings. The summed E-state index contributed by atoms with van der Waals surface area (Å²) >= 11 is 8.11. The van der Waals surface area contributed by atoms with E-state index in [2.05, 4.69) is 26.1 Å². The summed E-state index contributed by atoms with van der Waals surface area (Å²) in [5, 5.41) is 4.59. The Balaban J connectivity index is 2.42. The van der Waals surface area contributed by atoms with Crippen LogP contribution < -0.4 is 5.32 Å². The number of benzene rings is 1. The molecule has 2 unspecified atom stereocenters. The molecule has 1 heterocycles. The van der Waals surface area contributed by atoms with Gasteiger partial charge in [-0.1, -0.05) is 32.4 Å². The van der Waals surface area contributed by atoms with Gasteiger partial charge in [0.1, 0.15) is 5.82 Å². The molecule has 0 aromatic heterocycles. The predicted molar refractivity (Wildman–Crippen MR) is 82.4 cm³/mol. The Hall–Kier alpha value is -0.250. The summed E-state index contributed by atoms with van der Waals surface area (Å²) in [6.07, 6.45) is 1.05. The SMILES string of the molecule is CCCNC1c2c(F)ccc(Cl)c2CSC1C(C)C. The Kier molecular flexibility index (Phi) is 5.15. The lowest BCUT2D eigenvalue weighted by Gasteiger charge is -2.37. The van der Waals surface area contributed by atoms with Gasteiger partial charge in [-0.2, -0.15) is 11.8 Å². The third kappa shape index (κ3) is 3.09. The number of nitrogens with one attached hydrogen (secondary N) is 1. The highest BCUT2D eigenvalue weighted by atomic mass is 35.5. The number of halogens is 2. The summed E-state index contributed by atoms with van der Waals surface area (Å²) in [6, 6.07) is 3.23. The second kappa shape index (κ2) is 6.47. The number of thioether (sulfide) groups is 1. The van der Waals surface area contributed by atoms with Gasteiger partial charge >= 0.3 is 0 Å². The average molecular weight is 302 g/mol. The van der Waals surface area contributed by atoms with Crippen LogP contribution in [-0.2, 0) is 5.75 Å². The van der Waals surface area contributed by atoms with Gasteiger partial charge in [0.05, 0.1) is 0 Å². The lowest BCUT2D eigenvalue weighted by Crippen LogP contribution is -2.37. The maximum Gasteiger partial charge on any atom is 0.128 e. The molecule has 2 atom stereocenters. The van der Waals surface area contributed by atoms with Gasteiger partial charge in [0.25, 0.3) is 0 Å². The Bertz CT molecular complexity index is 450. The lowest BCUT2D eigenvalue weighted by atomic mass is 9.92. The molecule has 106 valence electrons. The molecule has 0 saturated heterocycles. The molecule has 0 amide bonds. The van der Waals surface area contributed by atoms with E-state index in [-0.39, 0.29) is 11.9 Å². The van der Waals surface area contributed by atoms with Crippen molar-refractivity contribution in [1.29, 1.82) is 0 Å². The van der Waals surface area contributed by atoms with Gasteiger partial charge < -0.3 is 5.32 Å². The maximum absolute atomic E-state index is 14.3. The van der Waals surface area contributed by atoms with E-state index < -0.39 is 0 Å². The van der Waals surface area contributed by atoms with Crippen LogP contribution in [0.4, 0.5) is 4.39 Å². The van der Waals surface area contributed by atoms with Gasteiger partial charge in [-0.15, -0.1) is 0 Å². The van der Waals surface area contributed by atoms with Crippen molar-refractivity contribution in [2.45, 2.75) is 44.2 Å². The molecule has 2 rings (SSSR count). The number of rotatable bonds is 4. The first kappa shape index (κ1) is 15.1. The zero-order valence-corrected chi connectivity index (χ0v) is 13.2. The van der Waals surface area contributed by atoms with E-state index in [4.69, 9.17) is 11.6 Å². The molecule has 0 bridgehead atoms. The maximum atomic E-state index is 14.3. The first-order chi connectivity index (χ1) is 9.06. The minimum absolute atomic E-state index is 0.0624. The second-order valence-electron chi connectivity index (χ2n) is 5.37. The first-order valence-corrected chi connectivity index (χ1v) is 8.30. The van der Waals surface area contributed by atoms with Crippen LogP contribution in [0.5, 0.6) is 0 Å². The Morgan fingerprint density at radius 3 is 2.84 bits per heavy atom. The number of hydrogen-bond donors (Lipinski definition) is 1. The Morgan fingerprint density at radius 1 is 1.47 bits per heavy atom. The van der Waals surface area contributed by atoms with Gasteiger partial charge in [-0.3, -0.25) is 0 Å². The van der Waals surface area contributed by atoms with E-state index in [0.717, 1.165) is 29.8 Å². The molecule has 1 aromatic rings. The fourth-order valence-electron chi connectivity index (χ4n) is 2.63. The van der Waals surface area contributed by atoms with Gasteiger partial charge in [-0.05, 0) is 36.6 Å². The standard InChI is InChI=1S/C15H21ClFNS/c1-4-7-18-14-13-10(8-19-15(14)9(2)3)11(16)5-6-12(13)17/h5-6,9,14-15,18H,4,7-8H2,1-3H3. The molecule has 0 fully saturated rings. The minimum atomic E-state index is -0.126. The van der Waals surface area contributed by atoms with Crippen LogP contribution in [-0.4, -0.2) is 11.8 Å². The molecule has 0 radical (unpaired) electrons. The molecule has 0 aliphatic carbocycles. The van der Waals surface area contributed by atoms with E-state index in [0.29, 0.717) is 16.2 Å². The van der Waals surface area contributed by atoms with Crippen LogP contribution in [0.15, 0.2) is 12.1 Å². The van der Waals surface area contributed by atoms with Crippen molar-refractivity contribution < 1.29 is 4.39 Å². The van der Waals surface area contributed by atoms with Crippen LogP contribution in [0.1, 0.15) is 44.4 Å². The largest absolute Gasteiger partial charge is 0.309 e. The summed E-state index contributed by atoms with van der Waals surface area (Å²) in [4.78, 5) is 0. The quantitative estimate of drug-likeness (QED) is 0.858. The molecule has 1 aromatic carbocycles. The zero-order valence-electron chi connectivity index (χ0n) is 11.7. The lowest BCUT2D eigenvalue weighted by molar-refractivity contribution is 0.423. The van der Waals surface area contributed by atoms with Crippen molar-refractivity contribution in [3.63, 3.8) is 0 Å². The molecule has 1 nitrogen and oxygen atoms in total. The summed E-state index contributed by atoms with van der Waals surface area (Å²) in [5.74, 6) is 1.18. The Morgan fingerprint density at radius 2 is 2.21 bits per heavy atom. The van der Waals surface area contributed by atoms with Crippen LogP contribution >= 0.6 is 23.4 Å². The van der Waals surface area contributed by atoms with E-state index in [1.165, 1.54) is 6.07 Å². The smallest absolute Gasteiger partial charge is 0.128 e. The van der Waals surface area contributed by atoms with Gasteiger partial charge in [-0.25, -0.2) is 4.39 Å². The fourth-order valence-corrected chi connectivity index (χ4v) is 4.42. The zero-order chi connectivity index (χ0) is 14.0. The molecule has 4 heteroatoms. The molecular weight excluding hydrogens is 281 g/mol. The van der Waals surface area contributed by atoms with Gasteiger partial charge in [0, 0.05) is 27.6 Å². The van der Waals surface area contributed by atoms with Gasteiger partial charge in [0.15, 0.2) is 0 Å². The average Bonchev–Trinajstić information content (AvgIpc) is 2.39. The second-order valence-corrected chi connectivity index (χ2v) is 6.95. The Labute approximate surface area is 124 Å². The summed E-state index contributed by atoms with van der Waals surface area (Å²) in [5.41, 5.74) is 1.76. The van der Waals surface area contributed by atoms with Crippen LogP contribution in [0.25, 0.3) is 0 Å². The van der Waals surface area contributed by atoms with Crippen molar-refractivity contribution in [1.82, 2.24) is 5.32 Å². The van der Waals surface area contributed by atoms with E-state index in [1.807, 2.05) is 11.8 Å². The highest BCUT2D eigenvalue weighted by Gasteiger charge is 2.34. The monoisotopic (exact) mass is 301 g/mol. The van der Waals surface area contributed by atoms with E-state index in [9.17, 15) is 4.39 Å². The summed E-state index contributed by atoms with van der Waals surface area (Å²) in [7, 11) is 0. The van der Waals surface area contributed by atoms with Crippen LogP contribution in [0, 0.1) is 11.7 Å². The third-order valence-electron chi connectivity index (χ3n) is 3.58. The van der Waals surface area contributed by atoms with Crippen molar-refractivity contribution >= 4 is 23.4 Å². The highest BCUT2D eigenvalue weighted by Crippen LogP contribution is 2.44. The summed E-state index contributed by atoms with van der Waals surface area (Å²) < 4.78 is 14.3. The molecular formula is C15H21ClFNS. The topological polar surface area (TPSA) is 12.0 Å². The number of hydrogen-bond acceptors (Lipinski definition) is 2. The highest BCUT2D eigenvalue weighted by molar-refractivity contribution is 7.99.